The first-order chi connectivity index (χ1) is 17.2. The first-order valence-corrected chi connectivity index (χ1v) is 12.9. The quantitative estimate of drug-likeness (QED) is 0.236. The van der Waals surface area contributed by atoms with Crippen LogP contribution >= 0.6 is 11.3 Å². The van der Waals surface area contributed by atoms with Gasteiger partial charge in [0.15, 0.2) is 0 Å². The molecule has 0 bridgehead atoms. The maximum Gasteiger partial charge on any atom is 0.137 e. The lowest BCUT2D eigenvalue weighted by Crippen LogP contribution is -2.16. The zero-order valence-electron chi connectivity index (χ0n) is 19.5. The molecule has 3 aromatic heterocycles. The summed E-state index contributed by atoms with van der Waals surface area (Å²) in [6, 6.07) is 32.9. The molecule has 1 aliphatic carbocycles. The highest BCUT2D eigenvalue weighted by molar-refractivity contribution is 7.27. The fourth-order valence-corrected chi connectivity index (χ4v) is 7.67. The van der Waals surface area contributed by atoms with Crippen molar-refractivity contribution in [2.75, 3.05) is 0 Å². The number of thiophene rings is 1. The third-order valence-electron chi connectivity index (χ3n) is 7.81. The Bertz CT molecular complexity index is 1970. The van der Waals surface area contributed by atoms with E-state index in [4.69, 9.17) is 4.98 Å². The molecule has 0 radical (unpaired) electrons. The Hall–Kier alpha value is -3.95. The van der Waals surface area contributed by atoms with Crippen molar-refractivity contribution in [3.8, 4) is 16.9 Å². The van der Waals surface area contributed by atoms with Crippen LogP contribution in [0.4, 0.5) is 0 Å². The molecule has 0 unspecified atom stereocenters. The highest BCUT2D eigenvalue weighted by Gasteiger charge is 2.41. The Morgan fingerprint density at radius 1 is 0.743 bits per heavy atom. The molecule has 8 rings (SSSR count). The van der Waals surface area contributed by atoms with Gasteiger partial charge in [-0.1, -0.05) is 80.6 Å². The van der Waals surface area contributed by atoms with Gasteiger partial charge in [0.05, 0.1) is 11.0 Å². The predicted octanol–water partition coefficient (Wildman–Crippen LogP) is 8.85. The summed E-state index contributed by atoms with van der Waals surface area (Å²) in [6.45, 7) is 4.77. The lowest BCUT2D eigenvalue weighted by molar-refractivity contribution is 0.664. The monoisotopic (exact) mass is 466 g/mol. The van der Waals surface area contributed by atoms with E-state index in [0.717, 1.165) is 5.82 Å². The molecule has 1 aliphatic rings. The summed E-state index contributed by atoms with van der Waals surface area (Å²) in [4.78, 5) is 4.83. The Morgan fingerprint density at radius 3 is 2.34 bits per heavy atom. The van der Waals surface area contributed by atoms with Crippen LogP contribution in [-0.2, 0) is 5.41 Å². The van der Waals surface area contributed by atoms with Crippen molar-refractivity contribution in [2.45, 2.75) is 19.3 Å². The maximum atomic E-state index is 4.83. The number of hydrogen-bond donors (Lipinski definition) is 0. The van der Waals surface area contributed by atoms with Gasteiger partial charge in [-0.3, -0.25) is 4.57 Å². The number of pyridine rings is 1. The number of hydrogen-bond acceptors (Lipinski definition) is 2. The molecular weight excluding hydrogens is 444 g/mol. The highest BCUT2D eigenvalue weighted by atomic mass is 32.1. The molecule has 0 N–H and O–H groups in total. The molecule has 0 fully saturated rings. The minimum absolute atomic E-state index is 0.137. The highest BCUT2D eigenvalue weighted by Crippen LogP contribution is 2.58. The molecule has 3 heterocycles. The fraction of sp³-hybridized carbons (Fsp3) is 0.0938. The molecule has 0 amide bonds. The standard InChI is InChI=1S/C32H22N2S/c1-32(2)22-14-6-3-11-19(22)26-27-21-13-5-8-16-24(21)35-31(27)28-20-12-4-7-15-23(20)34(30(28)29(26)32)25-17-9-10-18-33-25/h3-18H,1-2H3. The third-order valence-corrected chi connectivity index (χ3v) is 9.00. The van der Waals surface area contributed by atoms with Crippen molar-refractivity contribution < 1.29 is 0 Å². The largest absolute Gasteiger partial charge is 0.293 e. The molecular formula is C32H22N2S. The van der Waals surface area contributed by atoms with Gasteiger partial charge in [0.25, 0.3) is 0 Å². The van der Waals surface area contributed by atoms with Crippen LogP contribution in [0.2, 0.25) is 0 Å². The summed E-state index contributed by atoms with van der Waals surface area (Å²) >= 11 is 1.92. The van der Waals surface area contributed by atoms with E-state index in [1.54, 1.807) is 0 Å². The average molecular weight is 467 g/mol. The van der Waals surface area contributed by atoms with Gasteiger partial charge in [-0.15, -0.1) is 11.3 Å². The zero-order valence-corrected chi connectivity index (χ0v) is 20.4. The first kappa shape index (κ1) is 19.4. The second kappa shape index (κ2) is 6.59. The van der Waals surface area contributed by atoms with E-state index in [1.807, 2.05) is 23.6 Å². The van der Waals surface area contributed by atoms with Crippen LogP contribution in [0.1, 0.15) is 25.0 Å². The SMILES string of the molecule is CC1(C)c2ccccc2-c2c1c1c(c3ccccc3n1-c1ccccn1)c1sc3ccccc3c21. The van der Waals surface area contributed by atoms with Gasteiger partial charge in [-0.25, -0.2) is 4.98 Å². The van der Waals surface area contributed by atoms with Crippen molar-refractivity contribution >= 4 is 53.3 Å². The van der Waals surface area contributed by atoms with Crippen LogP contribution in [0.15, 0.2) is 97.2 Å². The van der Waals surface area contributed by atoms with Crippen molar-refractivity contribution in [1.82, 2.24) is 9.55 Å². The van der Waals surface area contributed by atoms with Crippen molar-refractivity contribution in [3.05, 3.63) is 108 Å². The number of fused-ring (bicyclic) bond motifs is 12. The minimum atomic E-state index is -0.137. The summed E-state index contributed by atoms with van der Waals surface area (Å²) in [6.07, 6.45) is 1.90. The molecule has 7 aromatic rings. The number of aromatic nitrogens is 2. The Labute approximate surface area is 207 Å². The predicted molar refractivity (Wildman–Crippen MR) is 149 cm³/mol. The lowest BCUT2D eigenvalue weighted by atomic mass is 9.81. The van der Waals surface area contributed by atoms with E-state index in [0.29, 0.717) is 0 Å². The molecule has 0 atom stereocenters. The van der Waals surface area contributed by atoms with Gasteiger partial charge >= 0.3 is 0 Å². The summed E-state index contributed by atoms with van der Waals surface area (Å²) in [5, 5.41) is 5.39. The Kier molecular flexibility index (Phi) is 3.64. The molecule has 2 nitrogen and oxygen atoms in total. The van der Waals surface area contributed by atoms with Crippen molar-refractivity contribution in [2.24, 2.45) is 0 Å². The number of benzene rings is 4. The Morgan fingerprint density at radius 2 is 1.49 bits per heavy atom. The zero-order chi connectivity index (χ0) is 23.3. The minimum Gasteiger partial charge on any atom is -0.293 e. The molecule has 0 spiro atoms. The van der Waals surface area contributed by atoms with Crippen LogP contribution in [0.25, 0.3) is 58.9 Å². The number of para-hydroxylation sites is 1. The fourth-order valence-electron chi connectivity index (χ4n) is 6.40. The third kappa shape index (κ3) is 2.32. The van der Waals surface area contributed by atoms with E-state index >= 15 is 0 Å². The van der Waals surface area contributed by atoms with Crippen molar-refractivity contribution in [3.63, 3.8) is 0 Å². The molecule has 0 aliphatic heterocycles. The molecule has 166 valence electrons. The van der Waals surface area contributed by atoms with Gasteiger partial charge in [-0.2, -0.15) is 0 Å². The summed E-state index contributed by atoms with van der Waals surface area (Å²) in [5.41, 5.74) is 7.93. The first-order valence-electron chi connectivity index (χ1n) is 12.1. The van der Waals surface area contributed by atoms with Crippen LogP contribution in [-0.4, -0.2) is 9.55 Å². The molecule has 4 aromatic carbocycles. The van der Waals surface area contributed by atoms with Gasteiger partial charge < -0.3 is 0 Å². The van der Waals surface area contributed by atoms with Crippen LogP contribution in [0, 0.1) is 0 Å². The molecule has 0 saturated carbocycles. The average Bonchev–Trinajstić information content (AvgIpc) is 3.51. The van der Waals surface area contributed by atoms with Gasteiger partial charge in [0, 0.05) is 42.6 Å². The van der Waals surface area contributed by atoms with E-state index in [1.165, 1.54) is 64.2 Å². The topological polar surface area (TPSA) is 17.8 Å². The van der Waals surface area contributed by atoms with E-state index in [2.05, 4.69) is 103 Å². The number of nitrogens with zero attached hydrogens (tertiary/aromatic N) is 2. The number of rotatable bonds is 1. The smallest absolute Gasteiger partial charge is 0.137 e. The van der Waals surface area contributed by atoms with E-state index in [-0.39, 0.29) is 5.41 Å². The maximum absolute atomic E-state index is 4.83. The normalized spacial score (nSPS) is 14.2. The van der Waals surface area contributed by atoms with Crippen LogP contribution < -0.4 is 0 Å². The lowest BCUT2D eigenvalue weighted by Gasteiger charge is -2.24. The van der Waals surface area contributed by atoms with Gasteiger partial charge in [-0.05, 0) is 46.5 Å². The Balaban J connectivity index is 1.76. The van der Waals surface area contributed by atoms with Crippen LogP contribution in [0.5, 0.6) is 0 Å². The van der Waals surface area contributed by atoms with Gasteiger partial charge in [0.2, 0.25) is 0 Å². The molecule has 0 saturated heterocycles. The summed E-state index contributed by atoms with van der Waals surface area (Å²) < 4.78 is 5.12. The van der Waals surface area contributed by atoms with E-state index < -0.39 is 0 Å². The van der Waals surface area contributed by atoms with Crippen LogP contribution in [0.3, 0.4) is 0 Å². The molecule has 35 heavy (non-hydrogen) atoms. The summed E-state index contributed by atoms with van der Waals surface area (Å²) in [5.74, 6) is 0.966. The van der Waals surface area contributed by atoms with Crippen molar-refractivity contribution in [1.29, 1.82) is 0 Å². The molecule has 3 heteroatoms. The second-order valence-corrected chi connectivity index (χ2v) is 11.0. The van der Waals surface area contributed by atoms with E-state index in [9.17, 15) is 0 Å². The van der Waals surface area contributed by atoms with Gasteiger partial charge in [0.1, 0.15) is 5.82 Å². The summed E-state index contributed by atoms with van der Waals surface area (Å²) in [7, 11) is 0. The second-order valence-electron chi connectivity index (χ2n) is 9.99.